The quantitative estimate of drug-likeness (QED) is 0.822. The lowest BCUT2D eigenvalue weighted by Gasteiger charge is -2.22. The molecule has 21 heavy (non-hydrogen) atoms. The van der Waals surface area contributed by atoms with Crippen molar-refractivity contribution in [2.24, 2.45) is 5.92 Å². The van der Waals surface area contributed by atoms with E-state index in [2.05, 4.69) is 0 Å². The highest BCUT2D eigenvalue weighted by molar-refractivity contribution is 5.28. The lowest BCUT2D eigenvalue weighted by Crippen LogP contribution is -2.16. The van der Waals surface area contributed by atoms with Crippen LogP contribution in [0.15, 0.2) is 24.3 Å². The number of ether oxygens (including phenoxy) is 2. The van der Waals surface area contributed by atoms with Crippen molar-refractivity contribution in [3.63, 3.8) is 0 Å². The van der Waals surface area contributed by atoms with Gasteiger partial charge in [0.2, 0.25) is 0 Å². The van der Waals surface area contributed by atoms with Crippen LogP contribution in [0.5, 0.6) is 5.75 Å². The van der Waals surface area contributed by atoms with E-state index in [9.17, 15) is 5.11 Å². The molecule has 0 saturated heterocycles. The van der Waals surface area contributed by atoms with Crippen molar-refractivity contribution in [3.8, 4) is 5.75 Å². The summed E-state index contributed by atoms with van der Waals surface area (Å²) in [4.78, 5) is 0. The first-order valence-electron chi connectivity index (χ1n) is 8.17. The SMILES string of the molecule is CC(C)Oc1ccc(C(O)COCC2CCCCC2)cc1. The van der Waals surface area contributed by atoms with Crippen molar-refractivity contribution in [1.29, 1.82) is 0 Å². The van der Waals surface area contributed by atoms with Crippen LogP contribution in [0.3, 0.4) is 0 Å². The summed E-state index contributed by atoms with van der Waals surface area (Å²) in [7, 11) is 0. The molecule has 1 aliphatic carbocycles. The topological polar surface area (TPSA) is 38.7 Å². The molecular weight excluding hydrogens is 264 g/mol. The molecule has 1 atom stereocenters. The first kappa shape index (κ1) is 16.3. The molecular formula is C18H28O3. The van der Waals surface area contributed by atoms with Crippen LogP contribution in [0.25, 0.3) is 0 Å². The molecule has 1 aromatic carbocycles. The lowest BCUT2D eigenvalue weighted by molar-refractivity contribution is 0.0146. The maximum atomic E-state index is 10.2. The first-order valence-corrected chi connectivity index (χ1v) is 8.17. The molecule has 1 saturated carbocycles. The van der Waals surface area contributed by atoms with E-state index < -0.39 is 6.10 Å². The summed E-state index contributed by atoms with van der Waals surface area (Å²) in [5.74, 6) is 1.52. The largest absolute Gasteiger partial charge is 0.491 e. The second-order valence-corrected chi connectivity index (χ2v) is 6.29. The third-order valence-corrected chi connectivity index (χ3v) is 3.99. The highest BCUT2D eigenvalue weighted by Crippen LogP contribution is 2.24. The van der Waals surface area contributed by atoms with E-state index in [1.165, 1.54) is 32.1 Å². The van der Waals surface area contributed by atoms with Gasteiger partial charge in [0.15, 0.2) is 0 Å². The maximum absolute atomic E-state index is 10.2. The van der Waals surface area contributed by atoms with Crippen LogP contribution >= 0.6 is 0 Å². The summed E-state index contributed by atoms with van der Waals surface area (Å²) < 4.78 is 11.3. The number of hydrogen-bond acceptors (Lipinski definition) is 3. The van der Waals surface area contributed by atoms with Gasteiger partial charge in [0.05, 0.1) is 12.7 Å². The van der Waals surface area contributed by atoms with E-state index in [1.54, 1.807) is 0 Å². The van der Waals surface area contributed by atoms with Crippen LogP contribution in [0.4, 0.5) is 0 Å². The number of rotatable bonds is 7. The molecule has 1 fully saturated rings. The molecule has 0 bridgehead atoms. The van der Waals surface area contributed by atoms with E-state index in [0.29, 0.717) is 12.5 Å². The van der Waals surface area contributed by atoms with Crippen molar-refractivity contribution in [3.05, 3.63) is 29.8 Å². The van der Waals surface area contributed by atoms with Gasteiger partial charge >= 0.3 is 0 Å². The number of aliphatic hydroxyl groups is 1. The smallest absolute Gasteiger partial charge is 0.119 e. The molecule has 1 aromatic rings. The van der Waals surface area contributed by atoms with Gasteiger partial charge in [-0.05, 0) is 50.3 Å². The third kappa shape index (κ3) is 5.68. The minimum atomic E-state index is -0.554. The van der Waals surface area contributed by atoms with Gasteiger partial charge in [-0.3, -0.25) is 0 Å². The zero-order valence-corrected chi connectivity index (χ0v) is 13.3. The molecule has 2 rings (SSSR count). The van der Waals surface area contributed by atoms with Crippen molar-refractivity contribution in [2.75, 3.05) is 13.2 Å². The third-order valence-electron chi connectivity index (χ3n) is 3.99. The Morgan fingerprint density at radius 3 is 2.38 bits per heavy atom. The van der Waals surface area contributed by atoms with E-state index >= 15 is 0 Å². The number of benzene rings is 1. The van der Waals surface area contributed by atoms with Crippen LogP contribution in [-0.2, 0) is 4.74 Å². The first-order chi connectivity index (χ1) is 10.1. The van der Waals surface area contributed by atoms with E-state index in [0.717, 1.165) is 17.9 Å². The summed E-state index contributed by atoms with van der Waals surface area (Å²) in [5.41, 5.74) is 0.884. The maximum Gasteiger partial charge on any atom is 0.119 e. The van der Waals surface area contributed by atoms with E-state index in [4.69, 9.17) is 9.47 Å². The second-order valence-electron chi connectivity index (χ2n) is 6.29. The molecule has 0 aromatic heterocycles. The average Bonchev–Trinajstić information content (AvgIpc) is 2.48. The molecule has 1 unspecified atom stereocenters. The summed E-state index contributed by atoms with van der Waals surface area (Å²) >= 11 is 0. The standard InChI is InChI=1S/C18H28O3/c1-14(2)21-17-10-8-16(9-11-17)18(19)13-20-12-15-6-4-3-5-7-15/h8-11,14-15,18-19H,3-7,12-13H2,1-2H3. The highest BCUT2D eigenvalue weighted by atomic mass is 16.5. The van der Waals surface area contributed by atoms with Gasteiger partial charge in [0.25, 0.3) is 0 Å². The summed E-state index contributed by atoms with van der Waals surface area (Å²) in [6.07, 6.45) is 6.18. The van der Waals surface area contributed by atoms with Gasteiger partial charge in [-0.15, -0.1) is 0 Å². The fraction of sp³-hybridized carbons (Fsp3) is 0.667. The Kier molecular flexibility index (Phi) is 6.52. The number of hydrogen-bond donors (Lipinski definition) is 1. The molecule has 0 amide bonds. The minimum absolute atomic E-state index is 0.166. The van der Waals surface area contributed by atoms with Gasteiger partial charge in [-0.2, -0.15) is 0 Å². The van der Waals surface area contributed by atoms with Crippen molar-refractivity contribution in [1.82, 2.24) is 0 Å². The van der Waals surface area contributed by atoms with Crippen molar-refractivity contribution >= 4 is 0 Å². The molecule has 0 spiro atoms. The Balaban J connectivity index is 1.73. The average molecular weight is 292 g/mol. The Morgan fingerprint density at radius 2 is 1.76 bits per heavy atom. The normalized spacial score (nSPS) is 17.9. The van der Waals surface area contributed by atoms with Crippen LogP contribution in [0.1, 0.15) is 57.6 Å². The van der Waals surface area contributed by atoms with E-state index in [1.807, 2.05) is 38.1 Å². The Labute approximate surface area is 128 Å². The van der Waals surface area contributed by atoms with Crippen LogP contribution in [0, 0.1) is 5.92 Å². The molecule has 1 N–H and O–H groups in total. The second kappa shape index (κ2) is 8.40. The van der Waals surface area contributed by atoms with Gasteiger partial charge in [0.1, 0.15) is 11.9 Å². The summed E-state index contributed by atoms with van der Waals surface area (Å²) in [6, 6.07) is 7.62. The molecule has 118 valence electrons. The molecule has 0 heterocycles. The van der Waals surface area contributed by atoms with Crippen LogP contribution in [0.2, 0.25) is 0 Å². The van der Waals surface area contributed by atoms with Crippen molar-refractivity contribution in [2.45, 2.75) is 58.2 Å². The Morgan fingerprint density at radius 1 is 1.10 bits per heavy atom. The molecule has 0 radical (unpaired) electrons. The van der Waals surface area contributed by atoms with Crippen LogP contribution < -0.4 is 4.74 Å². The molecule has 1 aliphatic rings. The fourth-order valence-corrected chi connectivity index (χ4v) is 2.84. The van der Waals surface area contributed by atoms with Gasteiger partial charge in [-0.1, -0.05) is 31.4 Å². The monoisotopic (exact) mass is 292 g/mol. The minimum Gasteiger partial charge on any atom is -0.491 e. The zero-order chi connectivity index (χ0) is 15.1. The van der Waals surface area contributed by atoms with Gasteiger partial charge in [-0.25, -0.2) is 0 Å². The zero-order valence-electron chi connectivity index (χ0n) is 13.3. The van der Waals surface area contributed by atoms with Gasteiger partial charge < -0.3 is 14.6 Å². The Bertz CT molecular complexity index is 393. The molecule has 3 nitrogen and oxygen atoms in total. The van der Waals surface area contributed by atoms with Crippen molar-refractivity contribution < 1.29 is 14.6 Å². The summed E-state index contributed by atoms with van der Waals surface area (Å²) in [5, 5.41) is 10.2. The highest BCUT2D eigenvalue weighted by Gasteiger charge is 2.15. The predicted molar refractivity (Wildman–Crippen MR) is 84.6 cm³/mol. The van der Waals surface area contributed by atoms with Crippen LogP contribution in [-0.4, -0.2) is 24.4 Å². The van der Waals surface area contributed by atoms with E-state index in [-0.39, 0.29) is 6.10 Å². The number of aliphatic hydroxyl groups excluding tert-OH is 1. The summed E-state index contributed by atoms with van der Waals surface area (Å²) in [6.45, 7) is 5.16. The predicted octanol–water partition coefficient (Wildman–Crippen LogP) is 4.10. The van der Waals surface area contributed by atoms with Gasteiger partial charge in [0, 0.05) is 6.61 Å². The Hall–Kier alpha value is -1.06. The fourth-order valence-electron chi connectivity index (χ4n) is 2.84. The molecule has 3 heteroatoms. The molecule has 0 aliphatic heterocycles. The lowest BCUT2D eigenvalue weighted by atomic mass is 9.90.